The summed E-state index contributed by atoms with van der Waals surface area (Å²) in [7, 11) is 1.64. The first-order valence-electron chi connectivity index (χ1n) is 7.20. The molecule has 1 amide bonds. The maximum Gasteiger partial charge on any atom is 0.251 e. The van der Waals surface area contributed by atoms with Crippen LogP contribution in [0.2, 0.25) is 0 Å². The molecule has 2 N–H and O–H groups in total. The van der Waals surface area contributed by atoms with Gasteiger partial charge in [-0.2, -0.15) is 0 Å². The van der Waals surface area contributed by atoms with Gasteiger partial charge in [0.2, 0.25) is 0 Å². The Morgan fingerprint density at radius 1 is 1.18 bits per heavy atom. The highest BCUT2D eigenvalue weighted by Crippen LogP contribution is 2.08. The Morgan fingerprint density at radius 2 is 2.09 bits per heavy atom. The van der Waals surface area contributed by atoms with Gasteiger partial charge in [-0.3, -0.25) is 4.79 Å². The number of nitrogens with one attached hydrogen (secondary N) is 2. The van der Waals surface area contributed by atoms with Crippen molar-refractivity contribution >= 4 is 11.6 Å². The smallest absolute Gasteiger partial charge is 0.251 e. The second kappa shape index (κ2) is 6.41. The normalized spacial score (nSPS) is 10.8. The van der Waals surface area contributed by atoms with Gasteiger partial charge in [-0.15, -0.1) is 0 Å². The van der Waals surface area contributed by atoms with Crippen LogP contribution in [0.25, 0.3) is 5.65 Å². The number of fused-ring (bicyclic) bond motifs is 1. The SMILES string of the molecule is CNC(=O)c1cccc(CNCc2cnc3ccccn23)c1. The largest absolute Gasteiger partial charge is 0.355 e. The summed E-state index contributed by atoms with van der Waals surface area (Å²) >= 11 is 0. The highest BCUT2D eigenvalue weighted by atomic mass is 16.1. The Kier molecular flexibility index (Phi) is 4.16. The third-order valence-electron chi connectivity index (χ3n) is 3.55. The number of hydrogen-bond donors (Lipinski definition) is 2. The summed E-state index contributed by atoms with van der Waals surface area (Å²) in [6.07, 6.45) is 3.88. The molecule has 0 spiro atoms. The number of aromatic nitrogens is 2. The number of pyridine rings is 1. The average molecular weight is 294 g/mol. The van der Waals surface area contributed by atoms with Crippen molar-refractivity contribution in [2.24, 2.45) is 0 Å². The summed E-state index contributed by atoms with van der Waals surface area (Å²) in [5, 5.41) is 6.02. The van der Waals surface area contributed by atoms with E-state index in [2.05, 4.69) is 20.0 Å². The van der Waals surface area contributed by atoms with E-state index in [9.17, 15) is 4.79 Å². The lowest BCUT2D eigenvalue weighted by Gasteiger charge is -2.07. The van der Waals surface area contributed by atoms with E-state index in [0.29, 0.717) is 12.1 Å². The summed E-state index contributed by atoms with van der Waals surface area (Å²) in [4.78, 5) is 16.0. The van der Waals surface area contributed by atoms with E-state index in [1.54, 1.807) is 7.05 Å². The van der Waals surface area contributed by atoms with Crippen LogP contribution in [0.4, 0.5) is 0 Å². The van der Waals surface area contributed by atoms with Crippen LogP contribution in [0.3, 0.4) is 0 Å². The number of carbonyl (C=O) groups is 1. The molecule has 0 atom stereocenters. The zero-order chi connectivity index (χ0) is 15.4. The molecule has 5 heteroatoms. The van der Waals surface area contributed by atoms with E-state index in [1.165, 1.54) is 0 Å². The topological polar surface area (TPSA) is 58.4 Å². The van der Waals surface area contributed by atoms with Gasteiger partial charge in [-0.1, -0.05) is 18.2 Å². The summed E-state index contributed by atoms with van der Waals surface area (Å²) in [5.41, 5.74) is 3.81. The molecular formula is C17H18N4O. The predicted molar refractivity (Wildman–Crippen MR) is 85.6 cm³/mol. The van der Waals surface area contributed by atoms with Gasteiger partial charge < -0.3 is 15.0 Å². The van der Waals surface area contributed by atoms with Gasteiger partial charge in [-0.05, 0) is 29.8 Å². The molecular weight excluding hydrogens is 276 g/mol. The second-order valence-corrected chi connectivity index (χ2v) is 5.06. The van der Waals surface area contributed by atoms with E-state index >= 15 is 0 Å². The monoisotopic (exact) mass is 294 g/mol. The predicted octanol–water partition coefficient (Wildman–Crippen LogP) is 1.98. The van der Waals surface area contributed by atoms with Crippen LogP contribution in [-0.4, -0.2) is 22.3 Å². The van der Waals surface area contributed by atoms with Crippen molar-refractivity contribution in [1.82, 2.24) is 20.0 Å². The summed E-state index contributed by atoms with van der Waals surface area (Å²) in [6.45, 7) is 1.42. The summed E-state index contributed by atoms with van der Waals surface area (Å²) in [5.74, 6) is -0.0661. The maximum absolute atomic E-state index is 11.6. The lowest BCUT2D eigenvalue weighted by molar-refractivity contribution is 0.0963. The van der Waals surface area contributed by atoms with Gasteiger partial charge in [-0.25, -0.2) is 4.98 Å². The highest BCUT2D eigenvalue weighted by molar-refractivity contribution is 5.94. The lowest BCUT2D eigenvalue weighted by atomic mass is 10.1. The second-order valence-electron chi connectivity index (χ2n) is 5.06. The molecule has 0 aliphatic heterocycles. The quantitative estimate of drug-likeness (QED) is 0.756. The fraction of sp³-hybridized carbons (Fsp3) is 0.176. The number of benzene rings is 1. The Bertz CT molecular complexity index is 794. The summed E-state index contributed by atoms with van der Waals surface area (Å²) < 4.78 is 2.06. The van der Waals surface area contributed by atoms with Gasteiger partial charge in [0.15, 0.2) is 0 Å². The molecule has 5 nitrogen and oxygen atoms in total. The molecule has 2 heterocycles. The molecule has 0 saturated carbocycles. The molecule has 0 saturated heterocycles. The number of carbonyl (C=O) groups excluding carboxylic acids is 1. The van der Waals surface area contributed by atoms with Crippen molar-refractivity contribution in [2.45, 2.75) is 13.1 Å². The third-order valence-corrected chi connectivity index (χ3v) is 3.55. The number of amides is 1. The molecule has 3 rings (SSSR count). The van der Waals surface area contributed by atoms with Gasteiger partial charge in [0.25, 0.3) is 5.91 Å². The minimum Gasteiger partial charge on any atom is -0.355 e. The molecule has 0 aliphatic carbocycles. The van der Waals surface area contributed by atoms with Crippen LogP contribution in [0.5, 0.6) is 0 Å². The van der Waals surface area contributed by atoms with Crippen LogP contribution in [0, 0.1) is 0 Å². The van der Waals surface area contributed by atoms with Crippen LogP contribution in [0.15, 0.2) is 54.9 Å². The fourth-order valence-corrected chi connectivity index (χ4v) is 2.42. The standard InChI is InChI=1S/C17H18N4O/c1-18-17(22)14-6-4-5-13(9-14)10-19-11-15-12-20-16-7-2-3-8-21(15)16/h2-9,12,19H,10-11H2,1H3,(H,18,22). The molecule has 0 radical (unpaired) electrons. The molecule has 0 fully saturated rings. The van der Waals surface area contributed by atoms with E-state index in [0.717, 1.165) is 23.4 Å². The van der Waals surface area contributed by atoms with E-state index < -0.39 is 0 Å². The number of nitrogens with zero attached hydrogens (tertiary/aromatic N) is 2. The molecule has 22 heavy (non-hydrogen) atoms. The van der Waals surface area contributed by atoms with Gasteiger partial charge in [0, 0.05) is 31.9 Å². The molecule has 3 aromatic rings. The minimum atomic E-state index is -0.0661. The lowest BCUT2D eigenvalue weighted by Crippen LogP contribution is -2.18. The number of hydrogen-bond acceptors (Lipinski definition) is 3. The van der Waals surface area contributed by atoms with Crippen molar-refractivity contribution in [3.8, 4) is 0 Å². The minimum absolute atomic E-state index is 0.0661. The number of imidazole rings is 1. The van der Waals surface area contributed by atoms with Crippen molar-refractivity contribution < 1.29 is 4.79 Å². The van der Waals surface area contributed by atoms with E-state index in [4.69, 9.17) is 0 Å². The van der Waals surface area contributed by atoms with Crippen molar-refractivity contribution in [2.75, 3.05) is 7.05 Å². The molecule has 0 aliphatic rings. The molecule has 0 bridgehead atoms. The van der Waals surface area contributed by atoms with Crippen molar-refractivity contribution in [3.63, 3.8) is 0 Å². The molecule has 112 valence electrons. The first-order chi connectivity index (χ1) is 10.8. The average Bonchev–Trinajstić information content (AvgIpc) is 2.98. The third kappa shape index (κ3) is 2.99. The van der Waals surface area contributed by atoms with Crippen LogP contribution < -0.4 is 10.6 Å². The Labute approximate surface area is 129 Å². The van der Waals surface area contributed by atoms with Crippen LogP contribution in [0.1, 0.15) is 21.6 Å². The fourth-order valence-electron chi connectivity index (χ4n) is 2.42. The van der Waals surface area contributed by atoms with Gasteiger partial charge in [0.1, 0.15) is 5.65 Å². The summed E-state index contributed by atoms with van der Waals surface area (Å²) in [6, 6.07) is 13.6. The first-order valence-corrected chi connectivity index (χ1v) is 7.20. The Balaban J connectivity index is 1.65. The van der Waals surface area contributed by atoms with Crippen molar-refractivity contribution in [1.29, 1.82) is 0 Å². The maximum atomic E-state index is 11.6. The number of rotatable bonds is 5. The van der Waals surface area contributed by atoms with Crippen LogP contribution >= 0.6 is 0 Å². The molecule has 2 aromatic heterocycles. The van der Waals surface area contributed by atoms with Crippen LogP contribution in [-0.2, 0) is 13.1 Å². The highest BCUT2D eigenvalue weighted by Gasteiger charge is 2.04. The van der Waals surface area contributed by atoms with Gasteiger partial charge in [0.05, 0.1) is 11.9 Å². The zero-order valence-electron chi connectivity index (χ0n) is 12.4. The molecule has 1 aromatic carbocycles. The molecule has 0 unspecified atom stereocenters. The van der Waals surface area contributed by atoms with E-state index in [-0.39, 0.29) is 5.91 Å². The zero-order valence-corrected chi connectivity index (χ0v) is 12.4. The first kappa shape index (κ1) is 14.3. The van der Waals surface area contributed by atoms with Gasteiger partial charge >= 0.3 is 0 Å². The van der Waals surface area contributed by atoms with Crippen molar-refractivity contribution in [3.05, 3.63) is 71.7 Å². The van der Waals surface area contributed by atoms with E-state index in [1.807, 2.05) is 54.9 Å². The Morgan fingerprint density at radius 3 is 2.95 bits per heavy atom. The Hall–Kier alpha value is -2.66.